The van der Waals surface area contributed by atoms with Gasteiger partial charge in [0, 0.05) is 17.5 Å². The summed E-state index contributed by atoms with van der Waals surface area (Å²) in [4.78, 5) is 10.8. The second kappa shape index (κ2) is 5.40. The third kappa shape index (κ3) is 2.82. The number of rotatable bonds is 6. The Hall–Kier alpha value is -1.55. The van der Waals surface area contributed by atoms with E-state index >= 15 is 0 Å². The monoisotopic (exact) mass is 249 g/mol. The van der Waals surface area contributed by atoms with Gasteiger partial charge < -0.3 is 15.6 Å². The van der Waals surface area contributed by atoms with Gasteiger partial charge in [-0.1, -0.05) is 24.6 Å². The lowest BCUT2D eigenvalue weighted by Crippen LogP contribution is -2.42. The van der Waals surface area contributed by atoms with Crippen molar-refractivity contribution in [2.75, 3.05) is 13.2 Å². The van der Waals surface area contributed by atoms with E-state index in [2.05, 4.69) is 0 Å². The molecule has 2 rings (SSSR count). The van der Waals surface area contributed by atoms with E-state index in [0.29, 0.717) is 18.9 Å². The molecule has 1 fully saturated rings. The molecule has 0 aliphatic heterocycles. The Balaban J connectivity index is 2.02. The predicted molar refractivity (Wildman–Crippen MR) is 68.6 cm³/mol. The van der Waals surface area contributed by atoms with E-state index in [1.165, 1.54) is 6.42 Å². The summed E-state index contributed by atoms with van der Waals surface area (Å²) >= 11 is 0. The molecule has 0 spiro atoms. The smallest absolute Gasteiger partial charge is 0.307 e. The second-order valence-electron chi connectivity index (χ2n) is 5.02. The highest BCUT2D eigenvalue weighted by Gasteiger charge is 2.36. The first-order chi connectivity index (χ1) is 8.65. The molecule has 0 aromatic heterocycles. The maximum Gasteiger partial charge on any atom is 0.307 e. The number of carboxylic acids is 1. The largest absolute Gasteiger partial charge is 0.493 e. The molecular formula is C14H19NO3. The highest BCUT2D eigenvalue weighted by atomic mass is 16.5. The quantitative estimate of drug-likeness (QED) is 0.806. The van der Waals surface area contributed by atoms with Crippen LogP contribution >= 0.6 is 0 Å². The molecule has 1 aromatic rings. The zero-order valence-corrected chi connectivity index (χ0v) is 10.4. The van der Waals surface area contributed by atoms with Gasteiger partial charge >= 0.3 is 5.97 Å². The van der Waals surface area contributed by atoms with Crippen LogP contribution in [-0.2, 0) is 11.2 Å². The molecule has 18 heavy (non-hydrogen) atoms. The van der Waals surface area contributed by atoms with Crippen LogP contribution in [0, 0.1) is 5.41 Å². The maximum absolute atomic E-state index is 10.8. The van der Waals surface area contributed by atoms with Crippen molar-refractivity contribution in [3.05, 3.63) is 29.8 Å². The summed E-state index contributed by atoms with van der Waals surface area (Å²) in [6.07, 6.45) is 3.40. The number of carbonyl (C=O) groups is 1. The predicted octanol–water partition coefficient (Wildman–Crippen LogP) is 1.82. The molecule has 0 bridgehead atoms. The number of hydrogen-bond donors (Lipinski definition) is 2. The Morgan fingerprint density at radius 2 is 2.11 bits per heavy atom. The van der Waals surface area contributed by atoms with E-state index in [-0.39, 0.29) is 11.8 Å². The summed E-state index contributed by atoms with van der Waals surface area (Å²) in [6.45, 7) is 1.22. The maximum atomic E-state index is 10.8. The minimum atomic E-state index is -0.844. The number of nitrogens with two attached hydrogens (primary N) is 1. The van der Waals surface area contributed by atoms with Crippen molar-refractivity contribution in [2.24, 2.45) is 11.1 Å². The third-order valence-corrected chi connectivity index (χ3v) is 3.70. The first kappa shape index (κ1) is 12.9. The van der Waals surface area contributed by atoms with Crippen LogP contribution in [0.15, 0.2) is 24.3 Å². The van der Waals surface area contributed by atoms with E-state index < -0.39 is 5.97 Å². The first-order valence-corrected chi connectivity index (χ1v) is 6.28. The average Bonchev–Trinajstić information content (AvgIpc) is 2.29. The minimum Gasteiger partial charge on any atom is -0.493 e. The SMILES string of the molecule is NCC1(COc2ccccc2CC(=O)O)CCC1. The van der Waals surface area contributed by atoms with Crippen molar-refractivity contribution in [1.29, 1.82) is 0 Å². The Morgan fingerprint density at radius 3 is 2.67 bits per heavy atom. The fourth-order valence-corrected chi connectivity index (χ4v) is 2.27. The van der Waals surface area contributed by atoms with Crippen LogP contribution in [0.5, 0.6) is 5.75 Å². The molecule has 0 atom stereocenters. The number of carboxylic acid groups (broad SMARTS) is 1. The van der Waals surface area contributed by atoms with Crippen LogP contribution in [0.3, 0.4) is 0 Å². The number of hydrogen-bond acceptors (Lipinski definition) is 3. The van der Waals surface area contributed by atoms with Gasteiger partial charge in [0.15, 0.2) is 0 Å². The van der Waals surface area contributed by atoms with E-state index in [1.54, 1.807) is 6.07 Å². The Labute approximate surface area is 107 Å². The summed E-state index contributed by atoms with van der Waals surface area (Å²) in [5.41, 5.74) is 6.60. The van der Waals surface area contributed by atoms with Gasteiger partial charge in [-0.15, -0.1) is 0 Å². The normalized spacial score (nSPS) is 16.9. The van der Waals surface area contributed by atoms with Crippen molar-refractivity contribution in [2.45, 2.75) is 25.7 Å². The van der Waals surface area contributed by atoms with Crippen molar-refractivity contribution in [3.8, 4) is 5.75 Å². The van der Waals surface area contributed by atoms with Crippen molar-refractivity contribution < 1.29 is 14.6 Å². The molecule has 4 heteroatoms. The van der Waals surface area contributed by atoms with Crippen LogP contribution in [0.1, 0.15) is 24.8 Å². The number of benzene rings is 1. The molecule has 0 heterocycles. The molecule has 0 radical (unpaired) electrons. The Bertz CT molecular complexity index is 421. The van der Waals surface area contributed by atoms with Crippen molar-refractivity contribution in [3.63, 3.8) is 0 Å². The van der Waals surface area contributed by atoms with Gasteiger partial charge in [-0.25, -0.2) is 0 Å². The van der Waals surface area contributed by atoms with Crippen LogP contribution in [0.25, 0.3) is 0 Å². The second-order valence-corrected chi connectivity index (χ2v) is 5.02. The van der Waals surface area contributed by atoms with E-state index in [4.69, 9.17) is 15.6 Å². The highest BCUT2D eigenvalue weighted by molar-refractivity contribution is 5.71. The van der Waals surface area contributed by atoms with Gasteiger partial charge in [0.2, 0.25) is 0 Å². The lowest BCUT2D eigenvalue weighted by molar-refractivity contribution is -0.136. The first-order valence-electron chi connectivity index (χ1n) is 6.28. The lowest BCUT2D eigenvalue weighted by atomic mass is 9.69. The molecule has 4 nitrogen and oxygen atoms in total. The van der Waals surface area contributed by atoms with Crippen LogP contribution in [-0.4, -0.2) is 24.2 Å². The highest BCUT2D eigenvalue weighted by Crippen LogP contribution is 2.40. The summed E-state index contributed by atoms with van der Waals surface area (Å²) in [6, 6.07) is 7.30. The Kier molecular flexibility index (Phi) is 3.87. The van der Waals surface area contributed by atoms with E-state index in [0.717, 1.165) is 18.4 Å². The standard InChI is InChI=1S/C14H19NO3/c15-9-14(6-3-7-14)10-18-12-5-2-1-4-11(12)8-13(16)17/h1-2,4-5H,3,6-10,15H2,(H,16,17). The van der Waals surface area contributed by atoms with Crippen molar-refractivity contribution in [1.82, 2.24) is 0 Å². The minimum absolute atomic E-state index is 0.00814. The van der Waals surface area contributed by atoms with Crippen LogP contribution in [0.4, 0.5) is 0 Å². The summed E-state index contributed by atoms with van der Waals surface area (Å²) < 4.78 is 5.79. The number of ether oxygens (including phenoxy) is 1. The van der Waals surface area contributed by atoms with E-state index in [1.807, 2.05) is 18.2 Å². The van der Waals surface area contributed by atoms with Gasteiger partial charge in [0.05, 0.1) is 13.0 Å². The van der Waals surface area contributed by atoms with Gasteiger partial charge in [-0.2, -0.15) is 0 Å². The Morgan fingerprint density at radius 1 is 1.39 bits per heavy atom. The number of aliphatic carboxylic acids is 1. The molecule has 0 saturated heterocycles. The molecule has 1 aliphatic carbocycles. The lowest BCUT2D eigenvalue weighted by Gasteiger charge is -2.40. The molecular weight excluding hydrogens is 230 g/mol. The average molecular weight is 249 g/mol. The summed E-state index contributed by atoms with van der Waals surface area (Å²) in [5, 5.41) is 8.85. The summed E-state index contributed by atoms with van der Waals surface area (Å²) in [5.74, 6) is -0.178. The van der Waals surface area contributed by atoms with Gasteiger partial charge in [-0.05, 0) is 18.9 Å². The molecule has 1 aliphatic rings. The van der Waals surface area contributed by atoms with E-state index in [9.17, 15) is 4.79 Å². The van der Waals surface area contributed by atoms with Crippen LogP contribution in [0.2, 0.25) is 0 Å². The molecule has 0 amide bonds. The van der Waals surface area contributed by atoms with Gasteiger partial charge in [-0.3, -0.25) is 4.79 Å². The molecule has 1 aromatic carbocycles. The zero-order chi connectivity index (χ0) is 13.0. The van der Waals surface area contributed by atoms with Crippen molar-refractivity contribution >= 4 is 5.97 Å². The fourth-order valence-electron chi connectivity index (χ4n) is 2.27. The zero-order valence-electron chi connectivity index (χ0n) is 10.4. The van der Waals surface area contributed by atoms with Crippen LogP contribution < -0.4 is 10.5 Å². The molecule has 98 valence electrons. The third-order valence-electron chi connectivity index (χ3n) is 3.70. The topological polar surface area (TPSA) is 72.5 Å². The molecule has 0 unspecified atom stereocenters. The summed E-state index contributed by atoms with van der Waals surface area (Å²) in [7, 11) is 0. The number of para-hydroxylation sites is 1. The molecule has 1 saturated carbocycles. The van der Waals surface area contributed by atoms with Gasteiger partial charge in [0.1, 0.15) is 5.75 Å². The molecule has 3 N–H and O–H groups in total. The fraction of sp³-hybridized carbons (Fsp3) is 0.500. The van der Waals surface area contributed by atoms with Gasteiger partial charge in [0.25, 0.3) is 0 Å².